The molecule has 1 N–H and O–H groups in total. The van der Waals surface area contributed by atoms with Crippen LogP contribution in [0.3, 0.4) is 0 Å². The third-order valence-electron chi connectivity index (χ3n) is 2.72. The Morgan fingerprint density at radius 3 is 2.50 bits per heavy atom. The molecule has 0 unspecified atom stereocenters. The lowest BCUT2D eigenvalue weighted by Crippen LogP contribution is -2.31. The molecule has 1 heterocycles. The number of thiophene rings is 1. The number of carbonyl (C=O) groups is 1. The number of hydrogen-bond acceptors (Lipinski definition) is 4. The number of aliphatic carboxylic acids is 1. The van der Waals surface area contributed by atoms with Crippen molar-refractivity contribution in [2.75, 3.05) is 5.75 Å². The van der Waals surface area contributed by atoms with Gasteiger partial charge in [0.25, 0.3) is 0 Å². The van der Waals surface area contributed by atoms with Crippen molar-refractivity contribution in [1.82, 2.24) is 0 Å². The summed E-state index contributed by atoms with van der Waals surface area (Å²) in [5.74, 6) is -0.836. The molecule has 6 heteroatoms. The van der Waals surface area contributed by atoms with Crippen LogP contribution < -0.4 is 0 Å². The smallest absolute Gasteiger partial charge is 0.308 e. The van der Waals surface area contributed by atoms with Gasteiger partial charge in [-0.15, -0.1) is 11.3 Å². The Balaban J connectivity index is 2.76. The van der Waals surface area contributed by atoms with E-state index in [4.69, 9.17) is 5.11 Å². The van der Waals surface area contributed by atoms with Crippen molar-refractivity contribution in [1.29, 1.82) is 0 Å². The zero-order chi connectivity index (χ0) is 14.0. The SMILES string of the molecule is CC(C)(C)S(=O)(=O)CCc1ccsc1CC(=O)O. The van der Waals surface area contributed by atoms with Crippen LogP contribution in [0.15, 0.2) is 11.4 Å². The van der Waals surface area contributed by atoms with Crippen molar-refractivity contribution in [2.24, 2.45) is 0 Å². The summed E-state index contributed by atoms with van der Waals surface area (Å²) in [6, 6.07) is 1.81. The molecule has 0 atom stereocenters. The normalized spacial score (nSPS) is 12.6. The predicted octanol–water partition coefficient (Wildman–Crippen LogP) is 2.13. The zero-order valence-electron chi connectivity index (χ0n) is 10.8. The first-order valence-electron chi connectivity index (χ1n) is 5.63. The summed E-state index contributed by atoms with van der Waals surface area (Å²) in [5, 5.41) is 10.6. The number of rotatable bonds is 5. The first-order chi connectivity index (χ1) is 8.13. The molecule has 0 aliphatic rings. The summed E-state index contributed by atoms with van der Waals surface area (Å²) >= 11 is 1.36. The number of carboxylic acid groups (broad SMARTS) is 1. The van der Waals surface area contributed by atoms with E-state index in [2.05, 4.69) is 0 Å². The molecule has 102 valence electrons. The molecule has 0 aromatic carbocycles. The molecule has 0 fully saturated rings. The summed E-state index contributed by atoms with van der Waals surface area (Å²) in [6.07, 6.45) is 0.342. The fraction of sp³-hybridized carbons (Fsp3) is 0.583. The van der Waals surface area contributed by atoms with Crippen LogP contribution in [0.2, 0.25) is 0 Å². The van der Waals surface area contributed by atoms with Crippen LogP contribution in [0.5, 0.6) is 0 Å². The number of aryl methyl sites for hydroxylation is 1. The van der Waals surface area contributed by atoms with Crippen LogP contribution in [-0.2, 0) is 27.5 Å². The Morgan fingerprint density at radius 2 is 2.00 bits per heavy atom. The van der Waals surface area contributed by atoms with Crippen molar-refractivity contribution in [2.45, 2.75) is 38.4 Å². The Morgan fingerprint density at radius 1 is 1.39 bits per heavy atom. The maximum atomic E-state index is 12.0. The number of carboxylic acids is 1. The van der Waals surface area contributed by atoms with Gasteiger partial charge in [0.05, 0.1) is 16.9 Å². The van der Waals surface area contributed by atoms with E-state index in [0.29, 0.717) is 6.42 Å². The van der Waals surface area contributed by atoms with Gasteiger partial charge in [0.2, 0.25) is 0 Å². The second-order valence-corrected chi connectivity index (χ2v) is 8.98. The summed E-state index contributed by atoms with van der Waals surface area (Å²) in [6.45, 7) is 5.02. The second kappa shape index (κ2) is 5.40. The van der Waals surface area contributed by atoms with E-state index < -0.39 is 20.6 Å². The van der Waals surface area contributed by atoms with Gasteiger partial charge in [-0.25, -0.2) is 8.42 Å². The van der Waals surface area contributed by atoms with Gasteiger partial charge >= 0.3 is 5.97 Å². The minimum absolute atomic E-state index is 0.0391. The molecular formula is C12H18O4S2. The lowest BCUT2D eigenvalue weighted by molar-refractivity contribution is -0.136. The summed E-state index contributed by atoms with van der Waals surface area (Å²) in [4.78, 5) is 11.4. The molecule has 0 bridgehead atoms. The predicted molar refractivity (Wildman–Crippen MR) is 72.9 cm³/mol. The van der Waals surface area contributed by atoms with Gasteiger partial charge < -0.3 is 5.11 Å². The molecule has 4 nitrogen and oxygen atoms in total. The zero-order valence-corrected chi connectivity index (χ0v) is 12.4. The maximum Gasteiger partial charge on any atom is 0.308 e. The lowest BCUT2D eigenvalue weighted by Gasteiger charge is -2.19. The molecule has 1 rings (SSSR count). The van der Waals surface area contributed by atoms with Gasteiger partial charge in [0, 0.05) is 4.88 Å². The summed E-state index contributed by atoms with van der Waals surface area (Å²) in [5.41, 5.74) is 0.829. The molecule has 0 spiro atoms. The van der Waals surface area contributed by atoms with Gasteiger partial charge in [-0.3, -0.25) is 4.79 Å². The largest absolute Gasteiger partial charge is 0.481 e. The molecule has 0 radical (unpaired) electrons. The first-order valence-corrected chi connectivity index (χ1v) is 8.16. The van der Waals surface area contributed by atoms with Crippen molar-refractivity contribution < 1.29 is 18.3 Å². The van der Waals surface area contributed by atoms with E-state index in [9.17, 15) is 13.2 Å². The van der Waals surface area contributed by atoms with E-state index in [-0.39, 0.29) is 12.2 Å². The Bertz CT molecular complexity index is 521. The molecule has 18 heavy (non-hydrogen) atoms. The van der Waals surface area contributed by atoms with Crippen molar-refractivity contribution in [3.63, 3.8) is 0 Å². The Labute approximate surface area is 112 Å². The molecule has 1 aromatic rings. The van der Waals surface area contributed by atoms with Gasteiger partial charge in [0.1, 0.15) is 0 Å². The highest BCUT2D eigenvalue weighted by atomic mass is 32.2. The molecule has 0 aliphatic heterocycles. The standard InChI is InChI=1S/C12H18O4S2/c1-12(2,3)18(15,16)7-5-9-4-6-17-10(9)8-11(13)14/h4,6H,5,7-8H2,1-3H3,(H,13,14). The van der Waals surface area contributed by atoms with Crippen LogP contribution in [-0.4, -0.2) is 30.0 Å². The van der Waals surface area contributed by atoms with Gasteiger partial charge in [-0.1, -0.05) is 0 Å². The highest BCUT2D eigenvalue weighted by molar-refractivity contribution is 7.92. The van der Waals surface area contributed by atoms with E-state index in [1.54, 1.807) is 32.2 Å². The summed E-state index contributed by atoms with van der Waals surface area (Å²) < 4.78 is 23.2. The van der Waals surface area contributed by atoms with Crippen molar-refractivity contribution in [3.05, 3.63) is 21.9 Å². The fourth-order valence-corrected chi connectivity index (χ4v) is 3.46. The summed E-state index contributed by atoms with van der Waals surface area (Å²) in [7, 11) is -3.16. The average Bonchev–Trinajstić information content (AvgIpc) is 2.59. The first kappa shape index (κ1) is 15.2. The van der Waals surface area contributed by atoms with E-state index in [1.807, 2.05) is 0 Å². The van der Waals surface area contributed by atoms with E-state index in [0.717, 1.165) is 10.4 Å². The maximum absolute atomic E-state index is 12.0. The fourth-order valence-electron chi connectivity index (χ4n) is 1.43. The Kier molecular flexibility index (Phi) is 4.55. The molecule has 0 amide bonds. The van der Waals surface area contributed by atoms with Gasteiger partial charge in [-0.05, 0) is 44.2 Å². The van der Waals surface area contributed by atoms with E-state index >= 15 is 0 Å². The minimum Gasteiger partial charge on any atom is -0.481 e. The van der Waals surface area contributed by atoms with Crippen molar-refractivity contribution >= 4 is 27.1 Å². The topological polar surface area (TPSA) is 71.4 Å². The minimum atomic E-state index is -3.16. The monoisotopic (exact) mass is 290 g/mol. The van der Waals surface area contributed by atoms with Crippen LogP contribution >= 0.6 is 11.3 Å². The highest BCUT2D eigenvalue weighted by Gasteiger charge is 2.28. The average molecular weight is 290 g/mol. The third-order valence-corrected chi connectivity index (χ3v) is 6.29. The second-order valence-electron chi connectivity index (χ2n) is 5.12. The molecule has 0 saturated heterocycles. The van der Waals surface area contributed by atoms with E-state index in [1.165, 1.54) is 11.3 Å². The number of hydrogen-bond donors (Lipinski definition) is 1. The lowest BCUT2D eigenvalue weighted by atomic mass is 10.2. The van der Waals surface area contributed by atoms with Crippen LogP contribution in [0.1, 0.15) is 31.2 Å². The molecule has 0 aliphatic carbocycles. The number of sulfone groups is 1. The molecule has 0 saturated carbocycles. The van der Waals surface area contributed by atoms with Gasteiger partial charge in [-0.2, -0.15) is 0 Å². The third kappa shape index (κ3) is 3.81. The highest BCUT2D eigenvalue weighted by Crippen LogP contribution is 2.22. The van der Waals surface area contributed by atoms with Crippen LogP contribution in [0, 0.1) is 0 Å². The molecular weight excluding hydrogens is 272 g/mol. The van der Waals surface area contributed by atoms with Crippen molar-refractivity contribution in [3.8, 4) is 0 Å². The van der Waals surface area contributed by atoms with Crippen LogP contribution in [0.4, 0.5) is 0 Å². The quantitative estimate of drug-likeness (QED) is 0.901. The van der Waals surface area contributed by atoms with Crippen LogP contribution in [0.25, 0.3) is 0 Å². The van der Waals surface area contributed by atoms with Gasteiger partial charge in [0.15, 0.2) is 9.84 Å². The molecule has 1 aromatic heterocycles. The Hall–Kier alpha value is -0.880.